The molecule has 1 aliphatic rings. The summed E-state index contributed by atoms with van der Waals surface area (Å²) in [5.74, 6) is -0.0228. The minimum absolute atomic E-state index is 0.0228. The van der Waals surface area contributed by atoms with Crippen LogP contribution >= 0.6 is 0 Å². The average Bonchev–Trinajstić information content (AvgIpc) is 1.55. The Hall–Kier alpha value is -0.840. The first-order chi connectivity index (χ1) is 4.70. The molecule has 0 amide bonds. The summed E-state index contributed by atoms with van der Waals surface area (Å²) in [6, 6.07) is 0. The van der Waals surface area contributed by atoms with Gasteiger partial charge in [-0.25, -0.2) is 0 Å². The Kier molecular flexibility index (Phi) is 2.06. The lowest BCUT2D eigenvalue weighted by Gasteiger charge is -2.28. The van der Waals surface area contributed by atoms with Crippen LogP contribution in [0, 0.1) is 16.0 Å². The molecule has 0 aromatic rings. The number of rotatable bonds is 3. The van der Waals surface area contributed by atoms with Crippen molar-refractivity contribution in [1.29, 1.82) is 0 Å². The molecule has 0 spiro atoms. The van der Waals surface area contributed by atoms with E-state index in [1.807, 2.05) is 0 Å². The first-order valence-electron chi connectivity index (χ1n) is 3.19. The normalized spacial score (nSPS) is 21.3. The maximum absolute atomic E-state index is 9.68. The second-order valence-electron chi connectivity index (χ2n) is 2.41. The maximum atomic E-state index is 9.68. The summed E-state index contributed by atoms with van der Waals surface area (Å²) in [6.07, 6.45) is 1.48. The van der Waals surface area contributed by atoms with Gasteiger partial charge >= 0.3 is 0 Å². The molecule has 5 nitrogen and oxygen atoms in total. The van der Waals surface area contributed by atoms with Crippen molar-refractivity contribution < 1.29 is 15.0 Å². The van der Waals surface area contributed by atoms with Crippen LogP contribution in [0.4, 0.5) is 0 Å². The van der Waals surface area contributed by atoms with Crippen molar-refractivity contribution in [2.45, 2.75) is 25.6 Å². The summed E-state index contributed by atoms with van der Waals surface area (Å²) in [5.41, 5.74) is 0. The van der Waals surface area contributed by atoms with Gasteiger partial charge < -0.3 is 5.11 Å². The fraction of sp³-hybridized carbons (Fsp3) is 1.00. The molecular weight excluding hydrogens is 138 g/mol. The van der Waals surface area contributed by atoms with Crippen molar-refractivity contribution in [2.75, 3.05) is 0 Å². The molecule has 0 aromatic carbocycles. The zero-order chi connectivity index (χ0) is 7.56. The average molecular weight is 147 g/mol. The van der Waals surface area contributed by atoms with Crippen molar-refractivity contribution in [3.8, 4) is 0 Å². The molecule has 1 aliphatic carbocycles. The van der Waals surface area contributed by atoms with Crippen LogP contribution in [0.5, 0.6) is 0 Å². The number of aliphatic hydroxyl groups excluding tert-OH is 1. The summed E-state index contributed by atoms with van der Waals surface area (Å²) < 4.78 is 0. The molecule has 1 rings (SSSR count). The van der Waals surface area contributed by atoms with E-state index in [4.69, 9.17) is 5.11 Å². The first-order valence-corrected chi connectivity index (χ1v) is 3.19. The van der Waals surface area contributed by atoms with E-state index in [-0.39, 0.29) is 5.92 Å². The summed E-state index contributed by atoms with van der Waals surface area (Å²) in [4.78, 5) is 13.6. The van der Waals surface area contributed by atoms with Crippen LogP contribution in [-0.2, 0) is 4.84 Å². The molecule has 1 N–H and O–H groups in total. The predicted octanol–water partition coefficient (Wildman–Crippen LogP) is 0.313. The molecule has 0 heterocycles. The Morgan fingerprint density at radius 3 is 2.60 bits per heavy atom. The van der Waals surface area contributed by atoms with Crippen LogP contribution in [0.2, 0.25) is 0 Å². The van der Waals surface area contributed by atoms with Gasteiger partial charge in [0, 0.05) is 5.92 Å². The van der Waals surface area contributed by atoms with Gasteiger partial charge in [-0.2, -0.15) is 0 Å². The molecule has 0 bridgehead atoms. The zero-order valence-electron chi connectivity index (χ0n) is 5.40. The molecule has 0 radical (unpaired) electrons. The lowest BCUT2D eigenvalue weighted by Crippen LogP contribution is -2.30. The third-order valence-electron chi connectivity index (χ3n) is 1.75. The third kappa shape index (κ3) is 1.57. The van der Waals surface area contributed by atoms with Gasteiger partial charge in [0.2, 0.25) is 6.29 Å². The van der Waals surface area contributed by atoms with Crippen molar-refractivity contribution in [1.82, 2.24) is 0 Å². The van der Waals surface area contributed by atoms with Crippen LogP contribution in [0.3, 0.4) is 0 Å². The lowest BCUT2D eigenvalue weighted by molar-refractivity contribution is -0.783. The van der Waals surface area contributed by atoms with Crippen molar-refractivity contribution >= 4 is 0 Å². The molecule has 0 saturated heterocycles. The van der Waals surface area contributed by atoms with Crippen LogP contribution < -0.4 is 0 Å². The highest BCUT2D eigenvalue weighted by Crippen LogP contribution is 2.29. The largest absolute Gasteiger partial charge is 0.368 e. The Morgan fingerprint density at radius 1 is 1.70 bits per heavy atom. The summed E-state index contributed by atoms with van der Waals surface area (Å²) in [5, 5.41) is 17.6. The molecule has 58 valence electrons. The number of hydrogen-bond acceptors (Lipinski definition) is 4. The standard InChI is InChI=1S/C5H9NO4/c7-5(10-6(8)9)4-2-1-3-4/h4-5,7H,1-3H2. The van der Waals surface area contributed by atoms with Gasteiger partial charge in [-0.3, -0.25) is 4.84 Å². The first kappa shape index (κ1) is 7.27. The molecule has 0 aromatic heterocycles. The number of nitrogens with zero attached hydrogens (tertiary/aromatic N) is 1. The van der Waals surface area contributed by atoms with Crippen LogP contribution in [0.1, 0.15) is 19.3 Å². The minimum Gasteiger partial charge on any atom is -0.368 e. The Bertz CT molecular complexity index is 134. The molecular formula is C5H9NO4. The molecule has 1 fully saturated rings. The van der Waals surface area contributed by atoms with E-state index in [2.05, 4.69) is 4.84 Å². The van der Waals surface area contributed by atoms with Gasteiger partial charge in [0.1, 0.15) is 0 Å². The van der Waals surface area contributed by atoms with E-state index >= 15 is 0 Å². The van der Waals surface area contributed by atoms with Crippen molar-refractivity contribution in [3.05, 3.63) is 10.1 Å². The van der Waals surface area contributed by atoms with Crippen LogP contribution in [0.15, 0.2) is 0 Å². The van der Waals surface area contributed by atoms with E-state index in [1.165, 1.54) is 0 Å². The quantitative estimate of drug-likeness (QED) is 0.354. The summed E-state index contributed by atoms with van der Waals surface area (Å²) in [6.45, 7) is 0. The second kappa shape index (κ2) is 2.83. The van der Waals surface area contributed by atoms with E-state index in [0.717, 1.165) is 19.3 Å². The molecule has 1 unspecified atom stereocenters. The second-order valence-corrected chi connectivity index (χ2v) is 2.41. The molecule has 5 heteroatoms. The van der Waals surface area contributed by atoms with E-state index < -0.39 is 11.4 Å². The van der Waals surface area contributed by atoms with E-state index in [1.54, 1.807) is 0 Å². The fourth-order valence-electron chi connectivity index (χ4n) is 0.899. The highest BCUT2D eigenvalue weighted by atomic mass is 17.0. The lowest BCUT2D eigenvalue weighted by atomic mass is 9.85. The van der Waals surface area contributed by atoms with Gasteiger partial charge in [-0.1, -0.05) is 6.42 Å². The van der Waals surface area contributed by atoms with Gasteiger partial charge in [0.15, 0.2) is 0 Å². The smallest absolute Gasteiger partial charge is 0.297 e. The van der Waals surface area contributed by atoms with Gasteiger partial charge in [-0.05, 0) is 12.8 Å². The van der Waals surface area contributed by atoms with Crippen LogP contribution in [-0.4, -0.2) is 16.5 Å². The van der Waals surface area contributed by atoms with Gasteiger partial charge in [-0.15, -0.1) is 10.1 Å². The molecule has 0 aliphatic heterocycles. The highest BCUT2D eigenvalue weighted by molar-refractivity contribution is 4.70. The Morgan fingerprint density at radius 2 is 2.30 bits per heavy atom. The SMILES string of the molecule is O=[N+]([O-])OC(O)C1CCC1. The minimum atomic E-state index is -1.20. The molecule has 10 heavy (non-hydrogen) atoms. The maximum Gasteiger partial charge on any atom is 0.297 e. The van der Waals surface area contributed by atoms with Gasteiger partial charge in [0.05, 0.1) is 0 Å². The third-order valence-corrected chi connectivity index (χ3v) is 1.75. The Balaban J connectivity index is 2.19. The van der Waals surface area contributed by atoms with Crippen molar-refractivity contribution in [2.24, 2.45) is 5.92 Å². The predicted molar refractivity (Wildman–Crippen MR) is 31.4 cm³/mol. The van der Waals surface area contributed by atoms with E-state index in [0.29, 0.717) is 0 Å². The summed E-state index contributed by atoms with van der Waals surface area (Å²) >= 11 is 0. The zero-order valence-corrected chi connectivity index (χ0v) is 5.40. The topological polar surface area (TPSA) is 72.6 Å². The summed E-state index contributed by atoms with van der Waals surface area (Å²) in [7, 11) is 0. The van der Waals surface area contributed by atoms with Crippen molar-refractivity contribution in [3.63, 3.8) is 0 Å². The van der Waals surface area contributed by atoms with Crippen LogP contribution in [0.25, 0.3) is 0 Å². The molecule has 1 saturated carbocycles. The number of hydrogen-bond donors (Lipinski definition) is 1. The van der Waals surface area contributed by atoms with Gasteiger partial charge in [0.25, 0.3) is 5.09 Å². The Labute approximate surface area is 57.7 Å². The fourth-order valence-corrected chi connectivity index (χ4v) is 0.899. The number of aliphatic hydroxyl groups is 1. The highest BCUT2D eigenvalue weighted by Gasteiger charge is 2.27. The molecule has 1 atom stereocenters. The monoisotopic (exact) mass is 147 g/mol. The van der Waals surface area contributed by atoms with E-state index in [9.17, 15) is 10.1 Å².